The highest BCUT2D eigenvalue weighted by atomic mass is 32.1. The lowest BCUT2D eigenvalue weighted by molar-refractivity contribution is 0.0699. The number of hydrogen-bond donors (Lipinski definition) is 1. The van der Waals surface area contributed by atoms with Gasteiger partial charge in [0.25, 0.3) is 0 Å². The van der Waals surface area contributed by atoms with Crippen molar-refractivity contribution in [3.8, 4) is 11.5 Å². The minimum atomic E-state index is -1.00. The van der Waals surface area contributed by atoms with Crippen molar-refractivity contribution >= 4 is 33.3 Å². The predicted molar refractivity (Wildman–Crippen MR) is 104 cm³/mol. The maximum Gasteiger partial charge on any atom is 0.337 e. The fourth-order valence-electron chi connectivity index (χ4n) is 2.65. The average molecular weight is 388 g/mol. The van der Waals surface area contributed by atoms with Gasteiger partial charge in [0.15, 0.2) is 5.82 Å². The van der Waals surface area contributed by atoms with Crippen molar-refractivity contribution in [1.29, 1.82) is 0 Å². The molecule has 1 N–H and O–H groups in total. The van der Waals surface area contributed by atoms with Crippen LogP contribution in [0.5, 0.6) is 0 Å². The molecule has 0 aliphatic heterocycles. The number of carbonyl (C=O) groups is 1. The molecule has 0 radical (unpaired) electrons. The highest BCUT2D eigenvalue weighted by molar-refractivity contribution is 7.17. The largest absolute Gasteiger partial charge is 0.478 e. The lowest BCUT2D eigenvalue weighted by Crippen LogP contribution is -2.32. The van der Waals surface area contributed by atoms with Crippen LogP contribution in [0.3, 0.4) is 0 Å². The first-order valence-electron chi connectivity index (χ1n) is 8.32. The van der Waals surface area contributed by atoms with Gasteiger partial charge in [-0.2, -0.15) is 0 Å². The van der Waals surface area contributed by atoms with Gasteiger partial charge in [-0.05, 0) is 12.1 Å². The van der Waals surface area contributed by atoms with Gasteiger partial charge in [0.1, 0.15) is 16.3 Å². The van der Waals surface area contributed by atoms with Gasteiger partial charge in [-0.15, -0.1) is 11.3 Å². The Balaban J connectivity index is 2.18. The van der Waals surface area contributed by atoms with Gasteiger partial charge >= 0.3 is 5.97 Å². The quantitative estimate of drug-likeness (QED) is 0.597. The highest BCUT2D eigenvalue weighted by Gasteiger charge is 2.22. The number of aromatic carboxylic acids is 1. The fraction of sp³-hybridized carbons (Fsp3) is 0.333. The standard InChI is InChI=1S/C18H20N4O4S/c1-25-9-7-22(8-10-26-2)16-14-12(18(23)24)11-27-17(14)21-15(20-16)13-5-3-4-6-19-13/h3-6,11H,7-10H2,1-2H3,(H,23,24). The van der Waals surface area contributed by atoms with E-state index in [1.165, 1.54) is 11.3 Å². The van der Waals surface area contributed by atoms with Crippen LogP contribution in [0.2, 0.25) is 0 Å². The molecule has 0 aliphatic rings. The molecular weight excluding hydrogens is 368 g/mol. The number of carboxylic acids is 1. The number of fused-ring (bicyclic) bond motifs is 1. The van der Waals surface area contributed by atoms with Crippen molar-refractivity contribution < 1.29 is 19.4 Å². The smallest absolute Gasteiger partial charge is 0.337 e. The number of rotatable bonds is 9. The number of nitrogens with zero attached hydrogens (tertiary/aromatic N) is 4. The number of carboxylic acid groups (broad SMARTS) is 1. The summed E-state index contributed by atoms with van der Waals surface area (Å²) in [7, 11) is 3.24. The molecule has 3 heterocycles. The van der Waals surface area contributed by atoms with E-state index in [1.807, 2.05) is 23.1 Å². The molecule has 0 atom stereocenters. The Hall–Kier alpha value is -2.62. The van der Waals surface area contributed by atoms with Gasteiger partial charge < -0.3 is 19.5 Å². The van der Waals surface area contributed by atoms with Crippen molar-refractivity contribution in [3.05, 3.63) is 35.3 Å². The van der Waals surface area contributed by atoms with Crippen molar-refractivity contribution in [2.24, 2.45) is 0 Å². The third kappa shape index (κ3) is 4.21. The third-order valence-corrected chi connectivity index (χ3v) is 4.84. The Labute approximate surface area is 160 Å². The molecule has 0 fully saturated rings. The van der Waals surface area contributed by atoms with E-state index in [0.29, 0.717) is 53.9 Å². The molecule has 8 nitrogen and oxygen atoms in total. The number of thiophene rings is 1. The Bertz CT molecular complexity index is 908. The minimum Gasteiger partial charge on any atom is -0.478 e. The zero-order valence-electron chi connectivity index (χ0n) is 15.1. The van der Waals surface area contributed by atoms with Crippen molar-refractivity contribution in [2.45, 2.75) is 0 Å². The summed E-state index contributed by atoms with van der Waals surface area (Å²) >= 11 is 1.28. The topological polar surface area (TPSA) is 97.7 Å². The molecule has 0 aliphatic carbocycles. The molecular formula is C18H20N4O4S. The normalized spacial score (nSPS) is 11.0. The van der Waals surface area contributed by atoms with E-state index < -0.39 is 5.97 Å². The molecule has 0 aromatic carbocycles. The zero-order valence-corrected chi connectivity index (χ0v) is 15.9. The highest BCUT2D eigenvalue weighted by Crippen LogP contribution is 2.34. The SMILES string of the molecule is COCCN(CCOC)c1nc(-c2ccccn2)nc2scc(C(=O)O)c12. The molecule has 0 saturated carbocycles. The lowest BCUT2D eigenvalue weighted by atomic mass is 10.2. The number of aromatic nitrogens is 3. The Morgan fingerprint density at radius 1 is 1.19 bits per heavy atom. The monoisotopic (exact) mass is 388 g/mol. The molecule has 0 spiro atoms. The van der Waals surface area contributed by atoms with Crippen LogP contribution in [0.25, 0.3) is 21.7 Å². The second kappa shape index (κ2) is 8.85. The van der Waals surface area contributed by atoms with Crippen LogP contribution < -0.4 is 4.90 Å². The Morgan fingerprint density at radius 2 is 1.93 bits per heavy atom. The van der Waals surface area contributed by atoms with Crippen LogP contribution in [-0.4, -0.2) is 66.6 Å². The molecule has 3 rings (SSSR count). The van der Waals surface area contributed by atoms with Gasteiger partial charge in [0.2, 0.25) is 0 Å². The molecule has 3 aromatic rings. The maximum absolute atomic E-state index is 11.7. The third-order valence-electron chi connectivity index (χ3n) is 3.97. The molecule has 0 saturated heterocycles. The summed E-state index contributed by atoms with van der Waals surface area (Å²) in [6.07, 6.45) is 1.67. The predicted octanol–water partition coefficient (Wildman–Crippen LogP) is 2.55. The van der Waals surface area contributed by atoms with Gasteiger partial charge in [0.05, 0.1) is 24.2 Å². The fourth-order valence-corrected chi connectivity index (χ4v) is 3.55. The van der Waals surface area contributed by atoms with Crippen LogP contribution in [0.4, 0.5) is 5.82 Å². The first-order chi connectivity index (χ1) is 13.2. The Morgan fingerprint density at radius 3 is 2.52 bits per heavy atom. The summed E-state index contributed by atoms with van der Waals surface area (Å²) in [4.78, 5) is 27.8. The summed E-state index contributed by atoms with van der Waals surface area (Å²) in [5.74, 6) is 0.000227. The number of methoxy groups -OCH3 is 2. The lowest BCUT2D eigenvalue weighted by Gasteiger charge is -2.24. The van der Waals surface area contributed by atoms with Crippen LogP contribution in [0.1, 0.15) is 10.4 Å². The second-order valence-corrected chi connectivity index (χ2v) is 6.55. The van der Waals surface area contributed by atoms with E-state index in [0.717, 1.165) is 0 Å². The first kappa shape index (κ1) is 19.2. The van der Waals surface area contributed by atoms with E-state index in [2.05, 4.69) is 15.0 Å². The molecule has 0 unspecified atom stereocenters. The molecule has 0 bridgehead atoms. The van der Waals surface area contributed by atoms with Crippen molar-refractivity contribution in [1.82, 2.24) is 15.0 Å². The summed E-state index contributed by atoms with van der Waals surface area (Å²) in [6, 6.07) is 5.51. The van der Waals surface area contributed by atoms with Gasteiger partial charge in [-0.1, -0.05) is 6.07 Å². The molecule has 142 valence electrons. The molecule has 0 amide bonds. The maximum atomic E-state index is 11.7. The number of hydrogen-bond acceptors (Lipinski definition) is 8. The van der Waals surface area contributed by atoms with Crippen LogP contribution in [0.15, 0.2) is 29.8 Å². The molecule has 3 aromatic heterocycles. The van der Waals surface area contributed by atoms with Crippen LogP contribution in [0, 0.1) is 0 Å². The summed E-state index contributed by atoms with van der Waals surface area (Å²) in [5.41, 5.74) is 0.821. The van der Waals surface area contributed by atoms with E-state index in [9.17, 15) is 9.90 Å². The number of pyridine rings is 1. The number of ether oxygens (including phenoxy) is 2. The van der Waals surface area contributed by atoms with Crippen molar-refractivity contribution in [3.63, 3.8) is 0 Å². The van der Waals surface area contributed by atoms with Gasteiger partial charge in [-0.3, -0.25) is 4.98 Å². The van der Waals surface area contributed by atoms with E-state index in [-0.39, 0.29) is 5.56 Å². The Kier molecular flexibility index (Phi) is 6.28. The van der Waals surface area contributed by atoms with Crippen LogP contribution >= 0.6 is 11.3 Å². The van der Waals surface area contributed by atoms with Crippen LogP contribution in [-0.2, 0) is 9.47 Å². The van der Waals surface area contributed by atoms with Gasteiger partial charge in [0, 0.05) is 38.9 Å². The summed E-state index contributed by atoms with van der Waals surface area (Å²) < 4.78 is 10.4. The number of anilines is 1. The summed E-state index contributed by atoms with van der Waals surface area (Å²) in [5, 5.41) is 11.7. The van der Waals surface area contributed by atoms with E-state index in [1.54, 1.807) is 25.8 Å². The zero-order chi connectivity index (χ0) is 19.2. The average Bonchev–Trinajstić information content (AvgIpc) is 3.13. The van der Waals surface area contributed by atoms with E-state index >= 15 is 0 Å². The van der Waals surface area contributed by atoms with E-state index in [4.69, 9.17) is 9.47 Å². The first-order valence-corrected chi connectivity index (χ1v) is 9.20. The molecule has 27 heavy (non-hydrogen) atoms. The van der Waals surface area contributed by atoms with Crippen molar-refractivity contribution in [2.75, 3.05) is 45.4 Å². The molecule has 9 heteroatoms. The second-order valence-electron chi connectivity index (χ2n) is 5.69. The minimum absolute atomic E-state index is 0.192. The summed E-state index contributed by atoms with van der Waals surface area (Å²) in [6.45, 7) is 2.03. The van der Waals surface area contributed by atoms with Gasteiger partial charge in [-0.25, -0.2) is 14.8 Å².